The van der Waals surface area contributed by atoms with Gasteiger partial charge in [0.2, 0.25) is 11.7 Å². The Kier molecular flexibility index (Phi) is 7.34. The highest BCUT2D eigenvalue weighted by molar-refractivity contribution is 5.91. The van der Waals surface area contributed by atoms with Crippen LogP contribution < -0.4 is 20.3 Å². The van der Waals surface area contributed by atoms with Crippen LogP contribution in [0.1, 0.15) is 12.8 Å². The number of hydrogen-bond donors (Lipinski definition) is 1. The number of benzene rings is 2. The largest absolute Gasteiger partial charge is 0.493 e. The lowest BCUT2D eigenvalue weighted by molar-refractivity contribution is -0.387. The van der Waals surface area contributed by atoms with E-state index in [0.717, 1.165) is 17.7 Å². The van der Waals surface area contributed by atoms with Crippen LogP contribution >= 0.6 is 0 Å². The molecule has 2 aromatic carbocycles. The third-order valence-corrected chi connectivity index (χ3v) is 4.75. The van der Waals surface area contributed by atoms with Crippen molar-refractivity contribution in [1.29, 1.82) is 0 Å². The molecule has 0 atom stereocenters. The normalized spacial score (nSPS) is 10.5. The Morgan fingerprint density at radius 3 is 2.58 bits per heavy atom. The molecule has 0 saturated carbocycles. The van der Waals surface area contributed by atoms with Gasteiger partial charge in [-0.15, -0.1) is 0 Å². The smallest absolute Gasteiger partial charge is 0.306 e. The zero-order valence-corrected chi connectivity index (χ0v) is 17.9. The second-order valence-corrected chi connectivity index (χ2v) is 6.92. The van der Waals surface area contributed by atoms with Gasteiger partial charge in [-0.1, -0.05) is 0 Å². The van der Waals surface area contributed by atoms with Gasteiger partial charge in [-0.3, -0.25) is 19.7 Å². The number of nitro groups is 1. The number of ether oxygens (including phenoxy) is 2. The molecule has 1 N–H and O–H groups in total. The molecule has 3 aromatic rings. The van der Waals surface area contributed by atoms with Gasteiger partial charge >= 0.3 is 5.69 Å². The Morgan fingerprint density at radius 1 is 1.12 bits per heavy atom. The summed E-state index contributed by atoms with van der Waals surface area (Å²) >= 11 is 0. The molecule has 1 amide bonds. The van der Waals surface area contributed by atoms with Gasteiger partial charge < -0.3 is 14.8 Å². The van der Waals surface area contributed by atoms with Crippen LogP contribution in [0, 0.1) is 15.9 Å². The van der Waals surface area contributed by atoms with Gasteiger partial charge in [0.05, 0.1) is 24.8 Å². The van der Waals surface area contributed by atoms with E-state index in [-0.39, 0.29) is 30.6 Å². The lowest BCUT2D eigenvalue weighted by atomic mass is 10.1. The number of carbonyl (C=O) groups is 1. The Balaban J connectivity index is 1.65. The minimum atomic E-state index is -0.988. The van der Waals surface area contributed by atoms with Crippen molar-refractivity contribution in [1.82, 2.24) is 9.78 Å². The van der Waals surface area contributed by atoms with Gasteiger partial charge in [-0.2, -0.15) is 9.49 Å². The lowest BCUT2D eigenvalue weighted by Gasteiger charge is -2.11. The second-order valence-electron chi connectivity index (χ2n) is 6.92. The van der Waals surface area contributed by atoms with Crippen molar-refractivity contribution in [3.8, 4) is 22.8 Å². The lowest BCUT2D eigenvalue weighted by Crippen LogP contribution is -2.23. The molecule has 0 saturated heterocycles. The maximum absolute atomic E-state index is 13.4. The van der Waals surface area contributed by atoms with Crippen LogP contribution in [0.2, 0.25) is 0 Å². The number of nitrogens with one attached hydrogen (secondary N) is 1. The highest BCUT2D eigenvalue weighted by Gasteiger charge is 2.15. The van der Waals surface area contributed by atoms with Crippen LogP contribution in [0.15, 0.2) is 53.3 Å². The average Bonchev–Trinajstić information content (AvgIpc) is 2.80. The number of nitrogens with zero attached hydrogens (tertiary/aromatic N) is 3. The number of aromatic nitrogens is 2. The maximum atomic E-state index is 13.4. The van der Waals surface area contributed by atoms with E-state index in [1.165, 1.54) is 31.0 Å². The third-order valence-electron chi connectivity index (χ3n) is 4.75. The minimum absolute atomic E-state index is 0.0277. The minimum Gasteiger partial charge on any atom is -0.493 e. The van der Waals surface area contributed by atoms with Crippen LogP contribution in [0.3, 0.4) is 0 Å². The average molecular weight is 456 g/mol. The molecular weight excluding hydrogens is 435 g/mol. The van der Waals surface area contributed by atoms with E-state index < -0.39 is 22.3 Å². The molecule has 0 bridgehead atoms. The van der Waals surface area contributed by atoms with Crippen molar-refractivity contribution in [2.45, 2.75) is 19.4 Å². The number of carbonyl (C=O) groups excluding carboxylic acids is 1. The van der Waals surface area contributed by atoms with E-state index in [1.807, 2.05) is 0 Å². The molecule has 0 aliphatic heterocycles. The van der Waals surface area contributed by atoms with E-state index in [1.54, 1.807) is 24.3 Å². The third kappa shape index (κ3) is 5.70. The second kappa shape index (κ2) is 10.4. The number of amides is 1. The summed E-state index contributed by atoms with van der Waals surface area (Å²) in [7, 11) is 3.05. The monoisotopic (exact) mass is 456 g/mol. The van der Waals surface area contributed by atoms with Gasteiger partial charge in [0.1, 0.15) is 0 Å². The van der Waals surface area contributed by atoms with Crippen molar-refractivity contribution in [3.05, 3.63) is 74.8 Å². The molecule has 0 fully saturated rings. The number of aryl methyl sites for hydroxylation is 1. The molecule has 11 heteroatoms. The van der Waals surface area contributed by atoms with Crippen molar-refractivity contribution in [2.75, 3.05) is 19.5 Å². The number of methoxy groups -OCH3 is 2. The Morgan fingerprint density at radius 2 is 1.88 bits per heavy atom. The fourth-order valence-corrected chi connectivity index (χ4v) is 3.10. The number of halogens is 1. The molecule has 0 aliphatic carbocycles. The predicted molar refractivity (Wildman–Crippen MR) is 118 cm³/mol. The molecule has 0 unspecified atom stereocenters. The van der Waals surface area contributed by atoms with Gasteiger partial charge in [0.15, 0.2) is 11.5 Å². The first kappa shape index (κ1) is 23.4. The summed E-state index contributed by atoms with van der Waals surface area (Å²) in [6, 6.07) is 11.3. The van der Waals surface area contributed by atoms with E-state index in [4.69, 9.17) is 9.47 Å². The standard InChI is InChI=1S/C22H21FN4O6/c1-32-19-9-5-14(12-20(19)33-2)17-8-10-22(29)26(25-17)11-3-4-21(28)24-15-6-7-16(23)18(13-15)27(30)31/h5-10,12-13H,3-4,11H2,1-2H3,(H,24,28). The zero-order chi connectivity index (χ0) is 24.0. The van der Waals surface area contributed by atoms with Crippen molar-refractivity contribution < 1.29 is 23.6 Å². The molecule has 0 aliphatic rings. The topological polar surface area (TPSA) is 126 Å². The Bertz CT molecular complexity index is 1240. The summed E-state index contributed by atoms with van der Waals surface area (Å²) < 4.78 is 25.2. The predicted octanol–water partition coefficient (Wildman–Crippen LogP) is 3.39. The van der Waals surface area contributed by atoms with Crippen LogP contribution in [0.25, 0.3) is 11.3 Å². The molecule has 33 heavy (non-hydrogen) atoms. The van der Waals surface area contributed by atoms with Gasteiger partial charge in [0.25, 0.3) is 5.56 Å². The molecule has 0 radical (unpaired) electrons. The Labute approximate surface area is 187 Å². The summed E-state index contributed by atoms with van der Waals surface area (Å²) in [5, 5.41) is 17.7. The van der Waals surface area contributed by atoms with Gasteiger partial charge in [0, 0.05) is 36.3 Å². The number of anilines is 1. The molecule has 172 valence electrons. The number of rotatable bonds is 9. The summed E-state index contributed by atoms with van der Waals surface area (Å²) in [4.78, 5) is 34.3. The van der Waals surface area contributed by atoms with E-state index >= 15 is 0 Å². The number of nitro benzene ring substituents is 1. The highest BCUT2D eigenvalue weighted by atomic mass is 19.1. The van der Waals surface area contributed by atoms with Crippen LogP contribution in [-0.4, -0.2) is 34.8 Å². The van der Waals surface area contributed by atoms with Crippen LogP contribution in [-0.2, 0) is 11.3 Å². The molecule has 3 rings (SSSR count). The van der Waals surface area contributed by atoms with E-state index in [2.05, 4.69) is 10.4 Å². The van der Waals surface area contributed by atoms with Gasteiger partial charge in [-0.05, 0) is 42.8 Å². The summed E-state index contributed by atoms with van der Waals surface area (Å²) in [5.41, 5.74) is 0.318. The Hall–Kier alpha value is -4.28. The first-order valence-electron chi connectivity index (χ1n) is 9.86. The molecule has 0 spiro atoms. The quantitative estimate of drug-likeness (QED) is 0.386. The SMILES string of the molecule is COc1ccc(-c2ccc(=O)n(CCCC(=O)Nc3ccc(F)c([N+](=O)[O-])c3)n2)cc1OC. The summed E-state index contributed by atoms with van der Waals surface area (Å²) in [6.45, 7) is 0.178. The molecule has 1 aromatic heterocycles. The zero-order valence-electron chi connectivity index (χ0n) is 17.9. The molecule has 1 heterocycles. The van der Waals surface area contributed by atoms with E-state index in [0.29, 0.717) is 17.2 Å². The maximum Gasteiger partial charge on any atom is 0.306 e. The fourth-order valence-electron chi connectivity index (χ4n) is 3.10. The van der Waals surface area contributed by atoms with Crippen LogP contribution in [0.4, 0.5) is 15.8 Å². The summed E-state index contributed by atoms with van der Waals surface area (Å²) in [5.74, 6) is -0.336. The molecular formula is C22H21FN4O6. The van der Waals surface area contributed by atoms with Crippen molar-refractivity contribution in [3.63, 3.8) is 0 Å². The highest BCUT2D eigenvalue weighted by Crippen LogP contribution is 2.31. The van der Waals surface area contributed by atoms with Crippen molar-refractivity contribution in [2.24, 2.45) is 0 Å². The first-order valence-corrected chi connectivity index (χ1v) is 9.86. The molecule has 10 nitrogen and oxygen atoms in total. The first-order chi connectivity index (χ1) is 15.8. The van der Waals surface area contributed by atoms with Crippen LogP contribution in [0.5, 0.6) is 11.5 Å². The van der Waals surface area contributed by atoms with Crippen molar-refractivity contribution >= 4 is 17.3 Å². The fraction of sp³-hybridized carbons (Fsp3) is 0.227. The summed E-state index contributed by atoms with van der Waals surface area (Å²) in [6.07, 6.45) is 0.317. The van der Waals surface area contributed by atoms with E-state index in [9.17, 15) is 24.1 Å². The van der Waals surface area contributed by atoms with Gasteiger partial charge in [-0.25, -0.2) is 4.68 Å². The number of hydrogen-bond acceptors (Lipinski definition) is 7.